The number of rotatable bonds is 10. The van der Waals surface area contributed by atoms with E-state index in [0.29, 0.717) is 11.7 Å². The highest BCUT2D eigenvalue weighted by atomic mass is 16.3. The van der Waals surface area contributed by atoms with Crippen LogP contribution in [0.2, 0.25) is 0 Å². The molecule has 2 aromatic rings. The Bertz CT molecular complexity index is 670. The van der Waals surface area contributed by atoms with Crippen LogP contribution in [0, 0.1) is 0 Å². The van der Waals surface area contributed by atoms with Gasteiger partial charge in [-0.15, -0.1) is 0 Å². The fourth-order valence-electron chi connectivity index (χ4n) is 4.02. The largest absolute Gasteiger partial charge is 0.507 e. The maximum Gasteiger partial charge on any atom is 0.123 e. The predicted octanol–water partition coefficient (Wildman–Crippen LogP) is 7.65. The summed E-state index contributed by atoms with van der Waals surface area (Å²) >= 11 is 0. The minimum absolute atomic E-state index is 0.401. The van der Waals surface area contributed by atoms with E-state index in [1.807, 2.05) is 12.1 Å². The third-order valence-corrected chi connectivity index (χ3v) is 5.24. The van der Waals surface area contributed by atoms with Gasteiger partial charge in [0, 0.05) is 5.56 Å². The highest BCUT2D eigenvalue weighted by Crippen LogP contribution is 2.41. The number of benzene rings is 2. The van der Waals surface area contributed by atoms with E-state index >= 15 is 0 Å². The highest BCUT2D eigenvalue weighted by Gasteiger charge is 2.20. The lowest BCUT2D eigenvalue weighted by Gasteiger charge is -2.23. The topological polar surface area (TPSA) is 20.2 Å². The number of hydrogen-bond donors (Lipinski definition) is 1. The smallest absolute Gasteiger partial charge is 0.123 e. The van der Waals surface area contributed by atoms with Crippen LogP contribution >= 0.6 is 0 Å². The van der Waals surface area contributed by atoms with E-state index in [1.54, 1.807) is 0 Å². The van der Waals surface area contributed by atoms with E-state index in [9.17, 15) is 5.11 Å². The number of aromatic hydroxyl groups is 1. The summed E-state index contributed by atoms with van der Waals surface area (Å²) in [5.74, 6) is 0.844. The lowest BCUT2D eigenvalue weighted by molar-refractivity contribution is 0.474. The molecular weight excluding hydrogens is 316 g/mol. The molecule has 0 saturated heterocycles. The zero-order valence-electron chi connectivity index (χ0n) is 17.1. The molecule has 0 amide bonds. The van der Waals surface area contributed by atoms with Crippen molar-refractivity contribution in [2.45, 2.75) is 85.0 Å². The number of aryl methyl sites for hydroxylation is 1. The van der Waals surface area contributed by atoms with Crippen molar-refractivity contribution in [3.8, 4) is 16.9 Å². The van der Waals surface area contributed by atoms with Gasteiger partial charge in [0.2, 0.25) is 0 Å². The zero-order valence-corrected chi connectivity index (χ0v) is 17.1. The van der Waals surface area contributed by atoms with E-state index in [1.165, 1.54) is 48.8 Å². The van der Waals surface area contributed by atoms with Crippen molar-refractivity contribution >= 4 is 0 Å². The third kappa shape index (κ3) is 5.13. The van der Waals surface area contributed by atoms with Crippen LogP contribution in [0.4, 0.5) is 0 Å². The number of hydrogen-bond acceptors (Lipinski definition) is 1. The van der Waals surface area contributed by atoms with Crippen LogP contribution in [0.1, 0.15) is 88.8 Å². The number of phenols is 1. The second kappa shape index (κ2) is 10.4. The molecule has 0 spiro atoms. The Morgan fingerprint density at radius 3 is 2.15 bits per heavy atom. The zero-order chi connectivity index (χ0) is 18.9. The molecule has 0 radical (unpaired) electrons. The molecule has 1 N–H and O–H groups in total. The quantitative estimate of drug-likeness (QED) is 0.435. The van der Waals surface area contributed by atoms with Crippen molar-refractivity contribution in [3.63, 3.8) is 0 Å². The third-order valence-electron chi connectivity index (χ3n) is 5.24. The Labute approximate surface area is 160 Å². The first kappa shape index (κ1) is 20.6. The molecule has 0 heterocycles. The summed E-state index contributed by atoms with van der Waals surface area (Å²) in [5.41, 5.74) is 6.38. The molecule has 1 heteroatoms. The summed E-state index contributed by atoms with van der Waals surface area (Å²) in [5, 5.41) is 10.9. The Morgan fingerprint density at radius 2 is 1.54 bits per heavy atom. The fraction of sp³-hybridized carbons (Fsp3) is 0.520. The van der Waals surface area contributed by atoms with E-state index in [2.05, 4.69) is 52.0 Å². The summed E-state index contributed by atoms with van der Waals surface area (Å²) in [4.78, 5) is 0. The average Bonchev–Trinajstić information content (AvgIpc) is 2.63. The molecule has 0 aliphatic rings. The molecule has 0 fully saturated rings. The van der Waals surface area contributed by atoms with Crippen molar-refractivity contribution in [2.75, 3.05) is 0 Å². The van der Waals surface area contributed by atoms with Gasteiger partial charge in [0.05, 0.1) is 0 Å². The molecule has 26 heavy (non-hydrogen) atoms. The Morgan fingerprint density at radius 1 is 0.846 bits per heavy atom. The molecule has 0 aromatic heterocycles. The average molecular weight is 353 g/mol. The molecular formula is C25H36O. The summed E-state index contributed by atoms with van der Waals surface area (Å²) in [6.07, 6.45) is 9.80. The van der Waals surface area contributed by atoms with Gasteiger partial charge in [-0.2, -0.15) is 0 Å². The number of phenolic OH excluding ortho intramolecular Hbond substituents is 1. The molecule has 1 nitrogen and oxygen atoms in total. The molecule has 0 aliphatic carbocycles. The van der Waals surface area contributed by atoms with Gasteiger partial charge >= 0.3 is 0 Å². The first-order chi connectivity index (χ1) is 12.6. The molecule has 0 bridgehead atoms. The first-order valence-corrected chi connectivity index (χ1v) is 10.5. The summed E-state index contributed by atoms with van der Waals surface area (Å²) in [6, 6.07) is 12.4. The second-order valence-corrected chi connectivity index (χ2v) is 7.76. The predicted molar refractivity (Wildman–Crippen MR) is 114 cm³/mol. The molecule has 0 aliphatic heterocycles. The van der Waals surface area contributed by atoms with Gasteiger partial charge in [0.25, 0.3) is 0 Å². The van der Waals surface area contributed by atoms with Crippen molar-refractivity contribution in [3.05, 3.63) is 53.1 Å². The second-order valence-electron chi connectivity index (χ2n) is 7.76. The van der Waals surface area contributed by atoms with Crippen molar-refractivity contribution in [1.29, 1.82) is 0 Å². The number of unbranched alkanes of at least 4 members (excludes halogenated alkanes) is 4. The molecule has 2 rings (SSSR count). The monoisotopic (exact) mass is 352 g/mol. The molecule has 0 saturated carbocycles. The normalized spacial score (nSPS) is 11.3. The van der Waals surface area contributed by atoms with Gasteiger partial charge in [-0.05, 0) is 53.5 Å². The fourth-order valence-corrected chi connectivity index (χ4v) is 4.02. The lowest BCUT2D eigenvalue weighted by Crippen LogP contribution is -2.06. The minimum atomic E-state index is 0.401. The van der Waals surface area contributed by atoms with Crippen LogP contribution in [0.5, 0.6) is 5.75 Å². The van der Waals surface area contributed by atoms with Crippen LogP contribution in [-0.2, 0) is 12.8 Å². The summed E-state index contributed by atoms with van der Waals surface area (Å²) in [7, 11) is 0. The maximum absolute atomic E-state index is 10.9. The van der Waals surface area contributed by atoms with Crippen LogP contribution in [0.3, 0.4) is 0 Å². The van der Waals surface area contributed by atoms with Gasteiger partial charge in [0.1, 0.15) is 5.75 Å². The van der Waals surface area contributed by atoms with Crippen molar-refractivity contribution in [1.82, 2.24) is 0 Å². The first-order valence-electron chi connectivity index (χ1n) is 10.5. The maximum atomic E-state index is 10.9. The molecule has 142 valence electrons. The summed E-state index contributed by atoms with van der Waals surface area (Å²) in [6.45, 7) is 9.01. The van der Waals surface area contributed by atoms with E-state index in [-0.39, 0.29) is 0 Å². The Balaban J connectivity index is 2.47. The van der Waals surface area contributed by atoms with Gasteiger partial charge in [-0.1, -0.05) is 90.1 Å². The van der Waals surface area contributed by atoms with Crippen molar-refractivity contribution < 1.29 is 5.11 Å². The van der Waals surface area contributed by atoms with Gasteiger partial charge < -0.3 is 5.11 Å². The van der Waals surface area contributed by atoms with Crippen LogP contribution in [0.25, 0.3) is 11.1 Å². The van der Waals surface area contributed by atoms with Gasteiger partial charge in [0.15, 0.2) is 0 Å². The standard InChI is InChI=1S/C25H36O/c1-5-7-8-9-13-17-22-21(14-6-2)18-23(26)25(24(22)19(3)4)20-15-11-10-12-16-20/h10-12,15-16,18-19,26H,5-9,13-14,17H2,1-4H3. The minimum Gasteiger partial charge on any atom is -0.507 e. The molecule has 0 atom stereocenters. The highest BCUT2D eigenvalue weighted by molar-refractivity contribution is 5.76. The van der Waals surface area contributed by atoms with Crippen LogP contribution in [-0.4, -0.2) is 5.11 Å². The van der Waals surface area contributed by atoms with Crippen LogP contribution in [0.15, 0.2) is 36.4 Å². The lowest BCUT2D eigenvalue weighted by atomic mass is 9.82. The Kier molecular flexibility index (Phi) is 8.22. The van der Waals surface area contributed by atoms with Gasteiger partial charge in [-0.25, -0.2) is 0 Å². The molecule has 0 unspecified atom stereocenters. The molecule has 2 aromatic carbocycles. The van der Waals surface area contributed by atoms with Crippen molar-refractivity contribution in [2.24, 2.45) is 0 Å². The summed E-state index contributed by atoms with van der Waals surface area (Å²) < 4.78 is 0. The van der Waals surface area contributed by atoms with Gasteiger partial charge in [-0.3, -0.25) is 0 Å². The van der Waals surface area contributed by atoms with E-state index in [4.69, 9.17) is 0 Å². The SMILES string of the molecule is CCCCCCCc1c(CCC)cc(O)c(-c2ccccc2)c1C(C)C. The Hall–Kier alpha value is -1.76. The van der Waals surface area contributed by atoms with E-state index < -0.39 is 0 Å². The van der Waals surface area contributed by atoms with Crippen LogP contribution < -0.4 is 0 Å². The van der Waals surface area contributed by atoms with E-state index in [0.717, 1.165) is 30.4 Å².